The molecule has 0 bridgehead atoms. The van der Waals surface area contributed by atoms with Crippen LogP contribution in [0.5, 0.6) is 0 Å². The third-order valence-corrected chi connectivity index (χ3v) is 3.47. The second-order valence-corrected chi connectivity index (χ2v) is 4.82. The van der Waals surface area contributed by atoms with E-state index in [1.54, 1.807) is 12.0 Å². The molecule has 1 aromatic carbocycles. The second-order valence-electron chi connectivity index (χ2n) is 4.82. The van der Waals surface area contributed by atoms with Crippen molar-refractivity contribution < 1.29 is 14.3 Å². The summed E-state index contributed by atoms with van der Waals surface area (Å²) >= 11 is 0. The van der Waals surface area contributed by atoms with Gasteiger partial charge in [0.1, 0.15) is 12.6 Å². The SMILES string of the molecule is CCC1NC(=O)CN(c2ccccc2CCOC)C1=O. The zero-order valence-corrected chi connectivity index (χ0v) is 11.9. The third kappa shape index (κ3) is 2.99. The van der Waals surface area contributed by atoms with Gasteiger partial charge in [-0.1, -0.05) is 25.1 Å². The number of carbonyl (C=O) groups is 2. The molecule has 0 aliphatic carbocycles. The molecule has 1 aliphatic heterocycles. The Hall–Kier alpha value is -1.88. The molecule has 2 rings (SSSR count). The number of amides is 2. The number of rotatable bonds is 5. The van der Waals surface area contributed by atoms with Gasteiger partial charge in [0.25, 0.3) is 0 Å². The predicted octanol–water partition coefficient (Wildman–Crippen LogP) is 1.12. The summed E-state index contributed by atoms with van der Waals surface area (Å²) in [6.07, 6.45) is 1.32. The molecule has 5 heteroatoms. The molecule has 1 fully saturated rings. The highest BCUT2D eigenvalue weighted by Gasteiger charge is 2.33. The van der Waals surface area contributed by atoms with Crippen molar-refractivity contribution in [3.05, 3.63) is 29.8 Å². The van der Waals surface area contributed by atoms with Crippen LogP contribution in [0.4, 0.5) is 5.69 Å². The van der Waals surface area contributed by atoms with Gasteiger partial charge in [-0.05, 0) is 24.5 Å². The molecular weight excluding hydrogens is 256 g/mol. The number of nitrogens with zero attached hydrogens (tertiary/aromatic N) is 1. The summed E-state index contributed by atoms with van der Waals surface area (Å²) < 4.78 is 5.10. The first kappa shape index (κ1) is 14.5. The number of anilines is 1. The molecule has 1 heterocycles. The van der Waals surface area contributed by atoms with Gasteiger partial charge in [-0.3, -0.25) is 9.59 Å². The topological polar surface area (TPSA) is 58.6 Å². The van der Waals surface area contributed by atoms with Gasteiger partial charge in [0.2, 0.25) is 11.8 Å². The summed E-state index contributed by atoms with van der Waals surface area (Å²) in [5.74, 6) is -0.157. The van der Waals surface area contributed by atoms with Gasteiger partial charge in [0, 0.05) is 12.8 Å². The number of ether oxygens (including phenoxy) is 1. The van der Waals surface area contributed by atoms with Crippen LogP contribution in [0, 0.1) is 0 Å². The first-order valence-electron chi connectivity index (χ1n) is 6.85. The molecule has 2 amide bonds. The molecule has 0 spiro atoms. The quantitative estimate of drug-likeness (QED) is 0.876. The fourth-order valence-electron chi connectivity index (χ4n) is 2.39. The first-order chi connectivity index (χ1) is 9.67. The van der Waals surface area contributed by atoms with Crippen LogP contribution < -0.4 is 10.2 Å². The normalized spacial score (nSPS) is 19.1. The van der Waals surface area contributed by atoms with Crippen LogP contribution in [0.1, 0.15) is 18.9 Å². The van der Waals surface area contributed by atoms with E-state index >= 15 is 0 Å². The van der Waals surface area contributed by atoms with E-state index in [9.17, 15) is 9.59 Å². The molecule has 1 unspecified atom stereocenters. The Morgan fingerprint density at radius 2 is 2.10 bits per heavy atom. The lowest BCUT2D eigenvalue weighted by atomic mass is 10.1. The standard InChI is InChI=1S/C15H20N2O3/c1-3-12-15(19)17(10-14(18)16-12)13-7-5-4-6-11(13)8-9-20-2/h4-7,12H,3,8-10H2,1-2H3,(H,16,18). The van der Waals surface area contributed by atoms with E-state index in [-0.39, 0.29) is 18.4 Å². The van der Waals surface area contributed by atoms with Crippen LogP contribution >= 0.6 is 0 Å². The Labute approximate surface area is 118 Å². The molecule has 1 saturated heterocycles. The van der Waals surface area contributed by atoms with Crippen LogP contribution in [0.15, 0.2) is 24.3 Å². The van der Waals surface area contributed by atoms with Gasteiger partial charge in [-0.25, -0.2) is 0 Å². The summed E-state index contributed by atoms with van der Waals surface area (Å²) in [4.78, 5) is 25.7. The molecule has 1 atom stereocenters. The molecular formula is C15H20N2O3. The number of nitrogens with one attached hydrogen (secondary N) is 1. The highest BCUT2D eigenvalue weighted by Crippen LogP contribution is 2.23. The number of methoxy groups -OCH3 is 1. The molecule has 1 aromatic rings. The van der Waals surface area contributed by atoms with Crippen molar-refractivity contribution in [1.82, 2.24) is 5.32 Å². The van der Waals surface area contributed by atoms with Crippen LogP contribution in [-0.2, 0) is 20.7 Å². The van der Waals surface area contributed by atoms with Crippen LogP contribution in [-0.4, -0.2) is 38.1 Å². The van der Waals surface area contributed by atoms with Crippen molar-refractivity contribution in [2.24, 2.45) is 0 Å². The summed E-state index contributed by atoms with van der Waals surface area (Å²) in [6.45, 7) is 2.56. The highest BCUT2D eigenvalue weighted by molar-refractivity contribution is 6.06. The van der Waals surface area contributed by atoms with Crippen molar-refractivity contribution in [3.63, 3.8) is 0 Å². The number of piperazine rings is 1. The molecule has 108 valence electrons. The van der Waals surface area contributed by atoms with Gasteiger partial charge < -0.3 is 15.0 Å². The van der Waals surface area contributed by atoms with Crippen LogP contribution in [0.2, 0.25) is 0 Å². The Balaban J connectivity index is 2.29. The molecule has 0 radical (unpaired) electrons. The number of benzene rings is 1. The summed E-state index contributed by atoms with van der Waals surface area (Å²) in [5.41, 5.74) is 1.83. The number of hydrogen-bond acceptors (Lipinski definition) is 3. The number of para-hydroxylation sites is 1. The fraction of sp³-hybridized carbons (Fsp3) is 0.467. The smallest absolute Gasteiger partial charge is 0.250 e. The van der Waals surface area contributed by atoms with Gasteiger partial charge in [0.15, 0.2) is 0 Å². The van der Waals surface area contributed by atoms with Crippen molar-refractivity contribution in [2.45, 2.75) is 25.8 Å². The van der Waals surface area contributed by atoms with Crippen molar-refractivity contribution in [1.29, 1.82) is 0 Å². The Kier molecular flexibility index (Phi) is 4.74. The van der Waals surface area contributed by atoms with Gasteiger partial charge in [-0.2, -0.15) is 0 Å². The molecule has 1 aliphatic rings. The molecule has 20 heavy (non-hydrogen) atoms. The second kappa shape index (κ2) is 6.52. The average molecular weight is 276 g/mol. The van der Waals surface area contributed by atoms with E-state index < -0.39 is 6.04 Å². The lowest BCUT2D eigenvalue weighted by Gasteiger charge is -2.33. The van der Waals surface area contributed by atoms with E-state index in [1.165, 1.54) is 0 Å². The van der Waals surface area contributed by atoms with Crippen molar-refractivity contribution in [2.75, 3.05) is 25.2 Å². The number of carbonyl (C=O) groups excluding carboxylic acids is 2. The Morgan fingerprint density at radius 3 is 2.80 bits per heavy atom. The largest absolute Gasteiger partial charge is 0.384 e. The summed E-state index contributed by atoms with van der Waals surface area (Å²) in [7, 11) is 1.65. The van der Waals surface area contributed by atoms with Gasteiger partial charge >= 0.3 is 0 Å². The average Bonchev–Trinajstić information content (AvgIpc) is 2.47. The first-order valence-corrected chi connectivity index (χ1v) is 6.85. The van der Waals surface area contributed by atoms with Gasteiger partial charge in [-0.15, -0.1) is 0 Å². The lowest BCUT2D eigenvalue weighted by Crippen LogP contribution is -2.58. The maximum absolute atomic E-state index is 12.4. The van der Waals surface area contributed by atoms with E-state index in [2.05, 4.69) is 5.32 Å². The zero-order valence-electron chi connectivity index (χ0n) is 11.9. The molecule has 5 nitrogen and oxygen atoms in total. The predicted molar refractivity (Wildman–Crippen MR) is 76.6 cm³/mol. The minimum absolute atomic E-state index is 0.0445. The van der Waals surface area contributed by atoms with E-state index in [1.807, 2.05) is 31.2 Å². The minimum atomic E-state index is -0.424. The highest BCUT2D eigenvalue weighted by atomic mass is 16.5. The van der Waals surface area contributed by atoms with Crippen molar-refractivity contribution >= 4 is 17.5 Å². The maximum Gasteiger partial charge on any atom is 0.250 e. The Bertz CT molecular complexity index is 502. The fourth-order valence-corrected chi connectivity index (χ4v) is 2.39. The molecule has 1 N–H and O–H groups in total. The summed E-state index contributed by atoms with van der Waals surface area (Å²) in [5, 5.41) is 2.72. The van der Waals surface area contributed by atoms with E-state index in [0.29, 0.717) is 13.0 Å². The zero-order chi connectivity index (χ0) is 14.5. The van der Waals surface area contributed by atoms with Crippen LogP contribution in [0.25, 0.3) is 0 Å². The number of hydrogen-bond donors (Lipinski definition) is 1. The molecule has 0 saturated carbocycles. The minimum Gasteiger partial charge on any atom is -0.384 e. The van der Waals surface area contributed by atoms with E-state index in [0.717, 1.165) is 17.7 Å². The third-order valence-electron chi connectivity index (χ3n) is 3.47. The van der Waals surface area contributed by atoms with Crippen molar-refractivity contribution in [3.8, 4) is 0 Å². The van der Waals surface area contributed by atoms with Crippen LogP contribution in [0.3, 0.4) is 0 Å². The monoisotopic (exact) mass is 276 g/mol. The molecule has 0 aromatic heterocycles. The summed E-state index contributed by atoms with van der Waals surface area (Å²) in [6, 6.07) is 7.24. The maximum atomic E-state index is 12.4. The van der Waals surface area contributed by atoms with Gasteiger partial charge in [0.05, 0.1) is 6.61 Å². The van der Waals surface area contributed by atoms with E-state index in [4.69, 9.17) is 4.74 Å². The Morgan fingerprint density at radius 1 is 1.35 bits per heavy atom. The lowest BCUT2D eigenvalue weighted by molar-refractivity contribution is -0.131.